The minimum Gasteiger partial charge on any atom is -0.478 e. The van der Waals surface area contributed by atoms with Crippen LogP contribution >= 0.6 is 23.2 Å². The van der Waals surface area contributed by atoms with Crippen LogP contribution < -0.4 is 0 Å². The molecule has 2 aromatic rings. The van der Waals surface area contributed by atoms with Crippen molar-refractivity contribution in [1.82, 2.24) is 4.90 Å². The van der Waals surface area contributed by atoms with Crippen molar-refractivity contribution in [3.05, 3.63) is 93.0 Å². The Morgan fingerprint density at radius 1 is 0.833 bits per heavy atom. The molecule has 7 heteroatoms. The third-order valence-corrected chi connectivity index (χ3v) is 5.14. The average molecular weight is 442 g/mol. The van der Waals surface area contributed by atoms with Gasteiger partial charge in [0.2, 0.25) is 5.91 Å². The van der Waals surface area contributed by atoms with Crippen LogP contribution in [-0.4, -0.2) is 40.8 Å². The summed E-state index contributed by atoms with van der Waals surface area (Å²) in [6, 6.07) is 14.1. The first-order valence-corrected chi connectivity index (χ1v) is 9.75. The standard InChI is InChI=1S/C23H17Cl2NO4/c24-19-7-3-1-5-15(19)11-17-13-26(21(27)9-10-22(28)29)14-18(23(17)30)12-16-6-2-4-8-20(16)25/h1-12H,13-14H2,(H,28,29)/b10-9-,17-11+,18-12+. The van der Waals surface area contributed by atoms with Gasteiger partial charge in [-0.05, 0) is 35.4 Å². The van der Waals surface area contributed by atoms with Gasteiger partial charge in [-0.2, -0.15) is 0 Å². The second-order valence-corrected chi connectivity index (χ2v) is 7.39. The van der Waals surface area contributed by atoms with Crippen LogP contribution in [-0.2, 0) is 14.4 Å². The number of carboxylic acid groups (broad SMARTS) is 1. The lowest BCUT2D eigenvalue weighted by Gasteiger charge is -2.29. The number of Topliss-reactive ketones (excluding diaryl/α,β-unsaturated/α-hetero) is 1. The average Bonchev–Trinajstić information content (AvgIpc) is 2.72. The molecule has 5 nitrogen and oxygen atoms in total. The Morgan fingerprint density at radius 3 is 1.73 bits per heavy atom. The number of aliphatic carboxylic acids is 1. The molecule has 2 aromatic carbocycles. The molecular weight excluding hydrogens is 425 g/mol. The molecule has 1 heterocycles. The predicted molar refractivity (Wildman–Crippen MR) is 117 cm³/mol. The first kappa shape index (κ1) is 21.6. The molecule has 3 rings (SSSR count). The maximum absolute atomic E-state index is 13.1. The number of hydrogen-bond acceptors (Lipinski definition) is 3. The maximum atomic E-state index is 13.1. The SMILES string of the molecule is O=C(O)/C=C\C(=O)N1C/C(=C\c2ccccc2Cl)C(=O)/C(=C/c2ccccc2Cl)C1. The summed E-state index contributed by atoms with van der Waals surface area (Å²) in [6.45, 7) is 0.0689. The fourth-order valence-electron chi connectivity index (χ4n) is 3.00. The van der Waals surface area contributed by atoms with Gasteiger partial charge in [0.25, 0.3) is 0 Å². The molecular formula is C23H17Cl2NO4. The molecule has 0 bridgehead atoms. The summed E-state index contributed by atoms with van der Waals surface area (Å²) in [6.07, 6.45) is 5.03. The number of ketones is 1. The van der Waals surface area contributed by atoms with E-state index in [0.29, 0.717) is 32.3 Å². The second kappa shape index (κ2) is 9.57. The Kier molecular flexibility index (Phi) is 6.87. The van der Waals surface area contributed by atoms with E-state index in [2.05, 4.69) is 0 Å². The summed E-state index contributed by atoms with van der Waals surface area (Å²) in [4.78, 5) is 37.8. The van der Waals surface area contributed by atoms with Crippen LogP contribution in [0.2, 0.25) is 10.0 Å². The molecule has 0 spiro atoms. The molecule has 152 valence electrons. The van der Waals surface area contributed by atoms with Crippen molar-refractivity contribution < 1.29 is 19.5 Å². The van der Waals surface area contributed by atoms with Gasteiger partial charge in [-0.25, -0.2) is 4.79 Å². The lowest BCUT2D eigenvalue weighted by Crippen LogP contribution is -2.40. The van der Waals surface area contributed by atoms with E-state index in [1.54, 1.807) is 60.7 Å². The Labute approximate surface area is 183 Å². The fraction of sp³-hybridized carbons (Fsp3) is 0.0870. The molecule has 0 saturated carbocycles. The number of amides is 1. The van der Waals surface area contributed by atoms with Gasteiger partial charge in [0.05, 0.1) is 13.1 Å². The highest BCUT2D eigenvalue weighted by molar-refractivity contribution is 6.33. The monoisotopic (exact) mass is 441 g/mol. The molecule has 1 saturated heterocycles. The largest absolute Gasteiger partial charge is 0.478 e. The first-order chi connectivity index (χ1) is 14.3. The van der Waals surface area contributed by atoms with E-state index < -0.39 is 11.9 Å². The Balaban J connectivity index is 2.03. The van der Waals surface area contributed by atoms with E-state index in [4.69, 9.17) is 28.3 Å². The van der Waals surface area contributed by atoms with E-state index in [9.17, 15) is 14.4 Å². The van der Waals surface area contributed by atoms with Gasteiger partial charge in [0, 0.05) is 33.3 Å². The van der Waals surface area contributed by atoms with Gasteiger partial charge < -0.3 is 10.0 Å². The highest BCUT2D eigenvalue weighted by Gasteiger charge is 2.28. The van der Waals surface area contributed by atoms with Crippen molar-refractivity contribution in [2.45, 2.75) is 0 Å². The van der Waals surface area contributed by atoms with E-state index in [-0.39, 0.29) is 18.9 Å². The van der Waals surface area contributed by atoms with Crippen molar-refractivity contribution in [2.24, 2.45) is 0 Å². The van der Waals surface area contributed by atoms with Crippen LogP contribution in [0.25, 0.3) is 12.2 Å². The van der Waals surface area contributed by atoms with E-state index >= 15 is 0 Å². The third-order valence-electron chi connectivity index (χ3n) is 4.46. The summed E-state index contributed by atoms with van der Waals surface area (Å²) < 4.78 is 0. The smallest absolute Gasteiger partial charge is 0.328 e. The van der Waals surface area contributed by atoms with Gasteiger partial charge in [-0.15, -0.1) is 0 Å². The molecule has 30 heavy (non-hydrogen) atoms. The van der Waals surface area contributed by atoms with Crippen molar-refractivity contribution in [2.75, 3.05) is 13.1 Å². The summed E-state index contributed by atoms with van der Waals surface area (Å²) >= 11 is 12.4. The normalized spacial score (nSPS) is 17.1. The summed E-state index contributed by atoms with van der Waals surface area (Å²) in [7, 11) is 0. The number of hydrogen-bond donors (Lipinski definition) is 1. The number of carboxylic acids is 1. The quantitative estimate of drug-likeness (QED) is 0.707. The molecule has 0 aromatic heterocycles. The van der Waals surface area contributed by atoms with Gasteiger partial charge in [-0.3, -0.25) is 9.59 Å². The van der Waals surface area contributed by atoms with Crippen molar-refractivity contribution in [1.29, 1.82) is 0 Å². The van der Waals surface area contributed by atoms with Crippen LogP contribution in [0.5, 0.6) is 0 Å². The molecule has 0 radical (unpaired) electrons. The number of carbonyl (C=O) groups excluding carboxylic acids is 2. The molecule has 1 fully saturated rings. The number of nitrogens with zero attached hydrogens (tertiary/aromatic N) is 1. The topological polar surface area (TPSA) is 74.7 Å². The number of carbonyl (C=O) groups is 3. The Hall–Kier alpha value is -3.15. The predicted octanol–water partition coefficient (Wildman–Crippen LogP) is 4.51. The Morgan fingerprint density at radius 2 is 1.30 bits per heavy atom. The van der Waals surface area contributed by atoms with E-state index in [0.717, 1.165) is 12.2 Å². The number of halogens is 2. The van der Waals surface area contributed by atoms with Crippen LogP contribution in [0.1, 0.15) is 11.1 Å². The molecule has 0 aliphatic carbocycles. The van der Waals surface area contributed by atoms with Crippen LogP contribution in [0.3, 0.4) is 0 Å². The summed E-state index contributed by atoms with van der Waals surface area (Å²) in [5.74, 6) is -1.96. The minimum atomic E-state index is -1.23. The van der Waals surface area contributed by atoms with Gasteiger partial charge >= 0.3 is 5.97 Å². The number of rotatable bonds is 4. The third kappa shape index (κ3) is 5.26. The zero-order valence-corrected chi connectivity index (χ0v) is 17.2. The number of likely N-dealkylation sites (tertiary alicyclic amines) is 1. The van der Waals surface area contributed by atoms with Crippen molar-refractivity contribution >= 4 is 53.0 Å². The second-order valence-electron chi connectivity index (χ2n) is 6.58. The minimum absolute atomic E-state index is 0.0344. The van der Waals surface area contributed by atoms with Crippen molar-refractivity contribution in [3.8, 4) is 0 Å². The fourth-order valence-corrected chi connectivity index (χ4v) is 3.38. The van der Waals surface area contributed by atoms with Crippen LogP contribution in [0, 0.1) is 0 Å². The zero-order valence-electron chi connectivity index (χ0n) is 15.7. The van der Waals surface area contributed by atoms with Crippen molar-refractivity contribution in [3.63, 3.8) is 0 Å². The molecule has 1 aliphatic rings. The van der Waals surface area contributed by atoms with Gasteiger partial charge in [0.1, 0.15) is 0 Å². The zero-order chi connectivity index (χ0) is 21.7. The highest BCUT2D eigenvalue weighted by Crippen LogP contribution is 2.26. The first-order valence-electron chi connectivity index (χ1n) is 9.00. The van der Waals surface area contributed by atoms with Gasteiger partial charge in [0.15, 0.2) is 5.78 Å². The lowest BCUT2D eigenvalue weighted by molar-refractivity contribution is -0.132. The maximum Gasteiger partial charge on any atom is 0.328 e. The van der Waals surface area contributed by atoms with E-state index in [1.165, 1.54) is 4.90 Å². The lowest BCUT2D eigenvalue weighted by atomic mass is 9.94. The molecule has 0 unspecified atom stereocenters. The highest BCUT2D eigenvalue weighted by atomic mass is 35.5. The van der Waals surface area contributed by atoms with Crippen LogP contribution in [0.15, 0.2) is 71.8 Å². The molecule has 0 atom stereocenters. The van der Waals surface area contributed by atoms with Gasteiger partial charge in [-0.1, -0.05) is 59.6 Å². The summed E-state index contributed by atoms with van der Waals surface area (Å²) in [5, 5.41) is 9.74. The number of piperidine rings is 1. The number of benzene rings is 2. The molecule has 1 N–H and O–H groups in total. The molecule has 1 amide bonds. The molecule has 1 aliphatic heterocycles. The van der Waals surface area contributed by atoms with E-state index in [1.807, 2.05) is 0 Å². The summed E-state index contributed by atoms with van der Waals surface area (Å²) in [5.41, 5.74) is 2.03. The Bertz CT molecular complexity index is 1030. The van der Waals surface area contributed by atoms with Crippen LogP contribution in [0.4, 0.5) is 0 Å².